The molecule has 0 rings (SSSR count). The Morgan fingerprint density at radius 2 is 1.93 bits per heavy atom. The minimum Gasteiger partial charge on any atom is -0.212 e. The first-order valence-electron chi connectivity index (χ1n) is 5.55. The van der Waals surface area contributed by atoms with E-state index in [-0.39, 0.29) is 17.7 Å². The summed E-state index contributed by atoms with van der Waals surface area (Å²) in [6.07, 6.45) is 2.75. The molecule has 15 heavy (non-hydrogen) atoms. The van der Waals surface area contributed by atoms with Crippen LogP contribution in [0, 0.1) is 0 Å². The van der Waals surface area contributed by atoms with E-state index in [1.165, 1.54) is 0 Å². The average Bonchev–Trinajstić information content (AvgIpc) is 2.17. The molecule has 92 valence electrons. The van der Waals surface area contributed by atoms with E-state index in [1.807, 2.05) is 13.8 Å². The van der Waals surface area contributed by atoms with E-state index in [0.717, 1.165) is 19.3 Å². The molecule has 0 amide bonds. The fourth-order valence-electron chi connectivity index (χ4n) is 1.37. The van der Waals surface area contributed by atoms with Crippen molar-refractivity contribution >= 4 is 21.6 Å². The molecule has 5 heteroatoms. The van der Waals surface area contributed by atoms with Gasteiger partial charge in [0.05, 0.1) is 5.75 Å². The van der Waals surface area contributed by atoms with Crippen LogP contribution in [0.25, 0.3) is 0 Å². The minimum absolute atomic E-state index is 0.0443. The highest BCUT2D eigenvalue weighted by molar-refractivity contribution is 7.89. The summed E-state index contributed by atoms with van der Waals surface area (Å²) >= 11 is 5.51. The highest BCUT2D eigenvalue weighted by Gasteiger charge is 2.24. The van der Waals surface area contributed by atoms with Gasteiger partial charge in [0.2, 0.25) is 10.0 Å². The summed E-state index contributed by atoms with van der Waals surface area (Å²) < 4.78 is 25.4. The van der Waals surface area contributed by atoms with Crippen LogP contribution >= 0.6 is 11.6 Å². The van der Waals surface area contributed by atoms with Crippen molar-refractivity contribution in [2.24, 2.45) is 0 Å². The Kier molecular flexibility index (Phi) is 7.57. The molecule has 0 aliphatic rings. The Morgan fingerprint density at radius 3 is 2.33 bits per heavy atom. The monoisotopic (exact) mass is 255 g/mol. The number of hydrogen-bond acceptors (Lipinski definition) is 2. The van der Waals surface area contributed by atoms with E-state index in [4.69, 9.17) is 11.6 Å². The number of rotatable bonds is 8. The van der Waals surface area contributed by atoms with Gasteiger partial charge >= 0.3 is 0 Å². The fraction of sp³-hybridized carbons (Fsp3) is 1.00. The standard InChI is InChI=1S/C10H22ClNO2S/c1-4-6-8-12(10(3)5-2)15(13,14)9-7-11/h10H,4-9H2,1-3H3. The molecule has 0 saturated carbocycles. The molecule has 0 aliphatic carbocycles. The predicted molar refractivity (Wildman–Crippen MR) is 65.9 cm³/mol. The van der Waals surface area contributed by atoms with Crippen LogP contribution in [-0.4, -0.2) is 36.9 Å². The van der Waals surface area contributed by atoms with Gasteiger partial charge in [-0.15, -0.1) is 11.6 Å². The lowest BCUT2D eigenvalue weighted by Gasteiger charge is -2.27. The van der Waals surface area contributed by atoms with Crippen LogP contribution in [0.3, 0.4) is 0 Å². The number of halogens is 1. The highest BCUT2D eigenvalue weighted by atomic mass is 35.5. The maximum absolute atomic E-state index is 11.9. The first kappa shape index (κ1) is 15.2. The zero-order valence-electron chi connectivity index (χ0n) is 9.87. The van der Waals surface area contributed by atoms with Crippen molar-refractivity contribution in [1.82, 2.24) is 4.31 Å². The van der Waals surface area contributed by atoms with Crippen molar-refractivity contribution in [3.8, 4) is 0 Å². The van der Waals surface area contributed by atoms with E-state index < -0.39 is 10.0 Å². The Hall–Kier alpha value is 0.200. The van der Waals surface area contributed by atoms with Crippen LogP contribution in [0.4, 0.5) is 0 Å². The van der Waals surface area contributed by atoms with Crippen LogP contribution in [-0.2, 0) is 10.0 Å². The summed E-state index contributed by atoms with van der Waals surface area (Å²) in [7, 11) is -3.15. The molecule has 0 heterocycles. The maximum atomic E-state index is 11.9. The molecule has 0 aromatic heterocycles. The van der Waals surface area contributed by atoms with Gasteiger partial charge in [0.25, 0.3) is 0 Å². The summed E-state index contributed by atoms with van der Waals surface area (Å²) in [6.45, 7) is 6.62. The molecular formula is C10H22ClNO2S. The van der Waals surface area contributed by atoms with Crippen molar-refractivity contribution in [2.45, 2.75) is 46.1 Å². The van der Waals surface area contributed by atoms with Gasteiger partial charge in [-0.05, 0) is 19.8 Å². The number of nitrogens with zero attached hydrogens (tertiary/aromatic N) is 1. The zero-order valence-corrected chi connectivity index (χ0v) is 11.4. The van der Waals surface area contributed by atoms with Crippen molar-refractivity contribution in [3.63, 3.8) is 0 Å². The molecule has 3 nitrogen and oxygen atoms in total. The second-order valence-corrected chi connectivity index (χ2v) is 6.15. The SMILES string of the molecule is CCCCN(C(C)CC)S(=O)(=O)CCCl. The molecule has 0 spiro atoms. The van der Waals surface area contributed by atoms with E-state index in [2.05, 4.69) is 6.92 Å². The normalized spacial score (nSPS) is 14.5. The second-order valence-electron chi connectivity index (χ2n) is 3.73. The van der Waals surface area contributed by atoms with Crippen LogP contribution in [0.15, 0.2) is 0 Å². The summed E-state index contributed by atoms with van der Waals surface area (Å²) in [6, 6.07) is 0.0739. The smallest absolute Gasteiger partial charge is 0.212 e. The molecule has 0 N–H and O–H groups in total. The molecule has 0 aromatic carbocycles. The van der Waals surface area contributed by atoms with E-state index in [9.17, 15) is 8.42 Å². The van der Waals surface area contributed by atoms with Crippen molar-refractivity contribution in [1.29, 1.82) is 0 Å². The topological polar surface area (TPSA) is 37.4 Å². The number of hydrogen-bond donors (Lipinski definition) is 0. The molecular weight excluding hydrogens is 234 g/mol. The summed E-state index contributed by atoms with van der Waals surface area (Å²) in [5.41, 5.74) is 0. The van der Waals surface area contributed by atoms with Gasteiger partial charge < -0.3 is 0 Å². The molecule has 0 aromatic rings. The number of alkyl halides is 1. The van der Waals surface area contributed by atoms with Crippen molar-refractivity contribution < 1.29 is 8.42 Å². The Bertz CT molecular complexity index is 254. The van der Waals surface area contributed by atoms with E-state index >= 15 is 0 Å². The van der Waals surface area contributed by atoms with E-state index in [1.54, 1.807) is 4.31 Å². The molecule has 1 atom stereocenters. The van der Waals surface area contributed by atoms with Crippen LogP contribution < -0.4 is 0 Å². The Morgan fingerprint density at radius 1 is 1.33 bits per heavy atom. The van der Waals surface area contributed by atoms with Crippen molar-refractivity contribution in [3.05, 3.63) is 0 Å². The minimum atomic E-state index is -3.15. The highest BCUT2D eigenvalue weighted by Crippen LogP contribution is 2.12. The zero-order chi connectivity index (χ0) is 11.9. The van der Waals surface area contributed by atoms with Crippen molar-refractivity contribution in [2.75, 3.05) is 18.2 Å². The number of sulfonamides is 1. The average molecular weight is 256 g/mol. The lowest BCUT2D eigenvalue weighted by molar-refractivity contribution is 0.325. The quantitative estimate of drug-likeness (QED) is 0.625. The van der Waals surface area contributed by atoms with Crippen LogP contribution in [0.2, 0.25) is 0 Å². The van der Waals surface area contributed by atoms with Gasteiger partial charge in [-0.2, -0.15) is 4.31 Å². The lowest BCUT2D eigenvalue weighted by atomic mass is 10.2. The summed E-state index contributed by atoms with van der Waals surface area (Å²) in [4.78, 5) is 0. The number of unbranched alkanes of at least 4 members (excludes halogenated alkanes) is 1. The molecule has 0 fully saturated rings. The second kappa shape index (κ2) is 7.47. The fourth-order valence-corrected chi connectivity index (χ4v) is 3.49. The summed E-state index contributed by atoms with van der Waals surface area (Å²) in [5, 5.41) is 0. The first-order valence-corrected chi connectivity index (χ1v) is 7.69. The van der Waals surface area contributed by atoms with Crippen LogP contribution in [0.5, 0.6) is 0 Å². The Balaban J connectivity index is 4.61. The van der Waals surface area contributed by atoms with Gasteiger partial charge in [0, 0.05) is 18.5 Å². The Labute approximate surface area is 98.8 Å². The van der Waals surface area contributed by atoms with Gasteiger partial charge in [0.1, 0.15) is 0 Å². The van der Waals surface area contributed by atoms with Gasteiger partial charge in [-0.25, -0.2) is 8.42 Å². The lowest BCUT2D eigenvalue weighted by Crippen LogP contribution is -2.40. The largest absolute Gasteiger partial charge is 0.215 e. The molecule has 0 radical (unpaired) electrons. The first-order chi connectivity index (χ1) is 6.99. The molecule has 0 saturated heterocycles. The van der Waals surface area contributed by atoms with E-state index in [0.29, 0.717) is 6.54 Å². The van der Waals surface area contributed by atoms with Gasteiger partial charge in [-0.3, -0.25) is 0 Å². The maximum Gasteiger partial charge on any atom is 0.215 e. The van der Waals surface area contributed by atoms with Gasteiger partial charge in [0.15, 0.2) is 0 Å². The molecule has 0 aliphatic heterocycles. The third-order valence-electron chi connectivity index (χ3n) is 2.51. The predicted octanol–water partition coefficient (Wildman–Crippen LogP) is 2.46. The van der Waals surface area contributed by atoms with Crippen LogP contribution in [0.1, 0.15) is 40.0 Å². The molecule has 1 unspecified atom stereocenters. The van der Waals surface area contributed by atoms with Gasteiger partial charge in [-0.1, -0.05) is 20.3 Å². The third-order valence-corrected chi connectivity index (χ3v) is 4.90. The third kappa shape index (κ3) is 5.18. The molecule has 0 bridgehead atoms. The summed E-state index contributed by atoms with van der Waals surface area (Å²) in [5.74, 6) is 0.212.